The Labute approximate surface area is 121 Å². The van der Waals surface area contributed by atoms with Crippen molar-refractivity contribution in [1.29, 1.82) is 0 Å². The smallest absolute Gasteiger partial charge is 0.0723 e. The third-order valence-corrected chi connectivity index (χ3v) is 4.40. The summed E-state index contributed by atoms with van der Waals surface area (Å²) in [6.45, 7) is 2.87. The van der Waals surface area contributed by atoms with Gasteiger partial charge in [0.05, 0.1) is 15.7 Å². The first kappa shape index (κ1) is 13.5. The average molecular weight is 301 g/mol. The van der Waals surface area contributed by atoms with Gasteiger partial charge in [-0.3, -0.25) is 0 Å². The molecule has 96 valence electrons. The van der Waals surface area contributed by atoms with Gasteiger partial charge in [-0.2, -0.15) is 0 Å². The topological polar surface area (TPSA) is 38.0 Å². The van der Waals surface area contributed by atoms with Crippen LogP contribution in [0.25, 0.3) is 0 Å². The molecule has 0 fully saturated rings. The number of halogens is 2. The van der Waals surface area contributed by atoms with Gasteiger partial charge < -0.3 is 11.1 Å². The molecule has 0 aliphatic rings. The maximum absolute atomic E-state index is 6.11. The van der Waals surface area contributed by atoms with Crippen molar-refractivity contribution in [3.05, 3.63) is 44.1 Å². The monoisotopic (exact) mass is 300 g/mol. The van der Waals surface area contributed by atoms with Gasteiger partial charge in [-0.1, -0.05) is 30.1 Å². The van der Waals surface area contributed by atoms with Crippen LogP contribution in [0, 0.1) is 0 Å². The molecule has 0 bridgehead atoms. The van der Waals surface area contributed by atoms with Crippen molar-refractivity contribution in [3.8, 4) is 0 Å². The summed E-state index contributed by atoms with van der Waals surface area (Å²) in [6, 6.07) is 7.66. The van der Waals surface area contributed by atoms with Crippen LogP contribution in [0.3, 0.4) is 0 Å². The highest BCUT2D eigenvalue weighted by Crippen LogP contribution is 2.33. The zero-order valence-electron chi connectivity index (χ0n) is 9.97. The van der Waals surface area contributed by atoms with Crippen LogP contribution >= 0.6 is 34.5 Å². The van der Waals surface area contributed by atoms with E-state index in [-0.39, 0.29) is 0 Å². The van der Waals surface area contributed by atoms with Gasteiger partial charge >= 0.3 is 0 Å². The first-order valence-electron chi connectivity index (χ1n) is 5.66. The summed E-state index contributed by atoms with van der Waals surface area (Å²) in [4.78, 5) is 2.64. The minimum Gasteiger partial charge on any atom is -0.399 e. The van der Waals surface area contributed by atoms with Gasteiger partial charge in [0, 0.05) is 22.0 Å². The maximum atomic E-state index is 6.11. The van der Waals surface area contributed by atoms with E-state index < -0.39 is 0 Å². The molecule has 1 aromatic carbocycles. The van der Waals surface area contributed by atoms with Crippen molar-refractivity contribution in [2.24, 2.45) is 0 Å². The lowest BCUT2D eigenvalue weighted by atomic mass is 10.2. The van der Waals surface area contributed by atoms with E-state index in [1.807, 2.05) is 0 Å². The second kappa shape index (κ2) is 5.83. The third kappa shape index (κ3) is 3.10. The zero-order chi connectivity index (χ0) is 13.1. The Morgan fingerprint density at radius 1 is 1.17 bits per heavy atom. The molecule has 0 saturated heterocycles. The normalized spacial score (nSPS) is 10.6. The van der Waals surface area contributed by atoms with E-state index in [2.05, 4.69) is 24.4 Å². The van der Waals surface area contributed by atoms with E-state index in [0.717, 1.165) is 12.1 Å². The second-order valence-electron chi connectivity index (χ2n) is 3.93. The molecule has 0 spiro atoms. The minimum absolute atomic E-state index is 0.548. The largest absolute Gasteiger partial charge is 0.399 e. The quantitative estimate of drug-likeness (QED) is 0.795. The molecule has 18 heavy (non-hydrogen) atoms. The number of hydrogen-bond acceptors (Lipinski definition) is 3. The molecule has 0 amide bonds. The molecule has 3 N–H and O–H groups in total. The van der Waals surface area contributed by atoms with Gasteiger partial charge in [-0.05, 0) is 30.7 Å². The lowest BCUT2D eigenvalue weighted by Gasteiger charge is -2.10. The highest BCUT2D eigenvalue weighted by atomic mass is 35.5. The average Bonchev–Trinajstić information content (AvgIpc) is 2.75. The highest BCUT2D eigenvalue weighted by Gasteiger charge is 2.07. The summed E-state index contributed by atoms with van der Waals surface area (Å²) in [5.74, 6) is 0. The fraction of sp³-hybridized carbons (Fsp3) is 0.231. The van der Waals surface area contributed by atoms with Gasteiger partial charge in [0.1, 0.15) is 0 Å². The van der Waals surface area contributed by atoms with Gasteiger partial charge in [-0.25, -0.2) is 0 Å². The minimum atomic E-state index is 0.548. The Kier molecular flexibility index (Phi) is 4.38. The molecule has 0 aliphatic heterocycles. The fourth-order valence-corrected chi connectivity index (χ4v) is 3.18. The third-order valence-electron chi connectivity index (χ3n) is 2.57. The first-order chi connectivity index (χ1) is 8.60. The first-order valence-corrected chi connectivity index (χ1v) is 7.23. The predicted molar refractivity (Wildman–Crippen MR) is 81.9 cm³/mol. The molecule has 1 aromatic heterocycles. The Bertz CT molecular complexity index is 529. The van der Waals surface area contributed by atoms with Crippen LogP contribution < -0.4 is 11.1 Å². The molecule has 0 unspecified atom stereocenters. The Morgan fingerprint density at radius 3 is 2.33 bits per heavy atom. The number of rotatable bonds is 4. The molecule has 0 atom stereocenters. The van der Waals surface area contributed by atoms with Crippen molar-refractivity contribution in [2.45, 2.75) is 19.9 Å². The number of nitrogens with two attached hydrogens (primary N) is 1. The molecular formula is C13H14Cl2N2S. The summed E-state index contributed by atoms with van der Waals surface area (Å²) >= 11 is 14.0. The molecule has 5 heteroatoms. The van der Waals surface area contributed by atoms with Crippen LogP contribution in [-0.2, 0) is 13.0 Å². The van der Waals surface area contributed by atoms with Gasteiger partial charge in [0.25, 0.3) is 0 Å². The van der Waals surface area contributed by atoms with Gasteiger partial charge in [0.15, 0.2) is 0 Å². The van der Waals surface area contributed by atoms with Crippen molar-refractivity contribution >= 4 is 45.9 Å². The summed E-state index contributed by atoms with van der Waals surface area (Å²) in [5, 5.41) is 4.35. The predicted octanol–water partition coefficient (Wildman–Crippen LogP) is 4.81. The molecule has 2 rings (SSSR count). The molecule has 0 aliphatic carbocycles. The number of thiophene rings is 1. The lowest BCUT2D eigenvalue weighted by Crippen LogP contribution is -1.99. The number of nitrogen functional groups attached to an aromatic ring is 1. The van der Waals surface area contributed by atoms with Crippen molar-refractivity contribution in [2.75, 3.05) is 11.1 Å². The second-order valence-corrected chi connectivity index (χ2v) is 6.00. The van der Waals surface area contributed by atoms with E-state index in [1.165, 1.54) is 9.75 Å². The lowest BCUT2D eigenvalue weighted by molar-refractivity contribution is 1.19. The van der Waals surface area contributed by atoms with Crippen molar-refractivity contribution < 1.29 is 0 Å². The van der Waals surface area contributed by atoms with Gasteiger partial charge in [-0.15, -0.1) is 11.3 Å². The highest BCUT2D eigenvalue weighted by molar-refractivity contribution is 7.12. The van der Waals surface area contributed by atoms with Crippen LogP contribution in [-0.4, -0.2) is 0 Å². The van der Waals surface area contributed by atoms with E-state index in [1.54, 1.807) is 23.5 Å². The van der Waals surface area contributed by atoms with E-state index in [4.69, 9.17) is 28.9 Å². The summed E-state index contributed by atoms with van der Waals surface area (Å²) < 4.78 is 0. The van der Waals surface area contributed by atoms with Crippen LogP contribution in [0.2, 0.25) is 10.0 Å². The maximum Gasteiger partial charge on any atom is 0.0723 e. The molecule has 1 heterocycles. The van der Waals surface area contributed by atoms with Gasteiger partial charge in [0.2, 0.25) is 0 Å². The molecule has 0 saturated carbocycles. The Morgan fingerprint density at radius 2 is 1.78 bits per heavy atom. The number of anilines is 2. The van der Waals surface area contributed by atoms with Crippen LogP contribution in [0.15, 0.2) is 24.3 Å². The Balaban J connectivity index is 2.10. The van der Waals surface area contributed by atoms with Crippen molar-refractivity contribution in [3.63, 3.8) is 0 Å². The van der Waals surface area contributed by atoms with Crippen LogP contribution in [0.4, 0.5) is 11.4 Å². The number of nitrogens with one attached hydrogen (secondary N) is 1. The molecule has 2 aromatic rings. The number of benzene rings is 1. The summed E-state index contributed by atoms with van der Waals surface area (Å²) in [7, 11) is 0. The van der Waals surface area contributed by atoms with Crippen LogP contribution in [0.1, 0.15) is 16.7 Å². The Hall–Kier alpha value is -0.900. The van der Waals surface area contributed by atoms with E-state index in [0.29, 0.717) is 22.3 Å². The van der Waals surface area contributed by atoms with Crippen molar-refractivity contribution in [1.82, 2.24) is 0 Å². The summed E-state index contributed by atoms with van der Waals surface area (Å²) in [5.41, 5.74) is 6.97. The van der Waals surface area contributed by atoms with E-state index >= 15 is 0 Å². The molecule has 0 radical (unpaired) electrons. The van der Waals surface area contributed by atoms with E-state index in [9.17, 15) is 0 Å². The number of aryl methyl sites for hydroxylation is 1. The zero-order valence-corrected chi connectivity index (χ0v) is 12.3. The SMILES string of the molecule is CCc1ccc(CNc2c(Cl)cc(N)cc2Cl)s1. The fourth-order valence-electron chi connectivity index (χ4n) is 1.64. The van der Waals surface area contributed by atoms with Crippen LogP contribution in [0.5, 0.6) is 0 Å². The number of hydrogen-bond donors (Lipinski definition) is 2. The molecule has 2 nitrogen and oxygen atoms in total. The standard InChI is InChI=1S/C13H14Cl2N2S/c1-2-9-3-4-10(18-9)7-17-13-11(14)5-8(16)6-12(13)15/h3-6,17H,2,7,16H2,1H3. The summed E-state index contributed by atoms with van der Waals surface area (Å²) in [6.07, 6.45) is 1.06. The molecular weight excluding hydrogens is 287 g/mol.